The van der Waals surface area contributed by atoms with Crippen LogP contribution >= 0.6 is 0 Å². The van der Waals surface area contributed by atoms with E-state index in [1.807, 2.05) is 55.5 Å². The molecule has 2 aromatic rings. The summed E-state index contributed by atoms with van der Waals surface area (Å²) in [6.45, 7) is 2.62. The van der Waals surface area contributed by atoms with E-state index in [9.17, 15) is 0 Å². The topological polar surface area (TPSA) is 18.5 Å². The van der Waals surface area contributed by atoms with E-state index in [2.05, 4.69) is 5.92 Å². The lowest BCUT2D eigenvalue weighted by Gasteiger charge is -2.08. The van der Waals surface area contributed by atoms with Crippen molar-refractivity contribution in [3.8, 4) is 29.6 Å². The molecule has 0 bridgehead atoms. The first kappa shape index (κ1) is 13.0. The molecule has 0 spiro atoms. The molecule has 0 fully saturated rings. The lowest BCUT2D eigenvalue weighted by atomic mass is 10.1. The van der Waals surface area contributed by atoms with E-state index < -0.39 is 0 Å². The van der Waals surface area contributed by atoms with Crippen LogP contribution in [0, 0.1) is 12.3 Å². The third-order valence-electron chi connectivity index (χ3n) is 2.58. The van der Waals surface area contributed by atoms with Crippen LogP contribution < -0.4 is 9.47 Å². The largest absolute Gasteiger partial charge is 0.494 e. The van der Waals surface area contributed by atoms with E-state index in [-0.39, 0.29) is 0 Å². The summed E-state index contributed by atoms with van der Waals surface area (Å²) in [7, 11) is 0. The van der Waals surface area contributed by atoms with Crippen LogP contribution in [0.2, 0.25) is 0 Å². The van der Waals surface area contributed by atoms with Gasteiger partial charge < -0.3 is 9.47 Å². The Morgan fingerprint density at radius 2 is 1.74 bits per heavy atom. The molecular weight excluding hydrogens is 236 g/mol. The molecule has 0 atom stereocenters. The first-order valence-corrected chi connectivity index (χ1v) is 6.25. The smallest absolute Gasteiger partial charge is 0.127 e. The molecule has 0 radical (unpaired) electrons. The van der Waals surface area contributed by atoms with E-state index >= 15 is 0 Å². The van der Waals surface area contributed by atoms with Crippen molar-refractivity contribution in [2.75, 3.05) is 6.61 Å². The summed E-state index contributed by atoms with van der Waals surface area (Å²) in [5, 5.41) is 0. The highest BCUT2D eigenvalue weighted by atomic mass is 16.5. The number of rotatable bonds is 5. The second kappa shape index (κ2) is 6.51. The van der Waals surface area contributed by atoms with Gasteiger partial charge in [-0.2, -0.15) is 0 Å². The van der Waals surface area contributed by atoms with Crippen LogP contribution in [0.4, 0.5) is 0 Å². The highest BCUT2D eigenvalue weighted by Gasteiger charge is 1.99. The monoisotopic (exact) mass is 252 g/mol. The Kier molecular flexibility index (Phi) is 4.47. The van der Waals surface area contributed by atoms with Crippen molar-refractivity contribution >= 4 is 0 Å². The van der Waals surface area contributed by atoms with E-state index in [1.165, 1.54) is 0 Å². The van der Waals surface area contributed by atoms with Crippen LogP contribution in [0.5, 0.6) is 17.2 Å². The molecule has 2 rings (SSSR count). The summed E-state index contributed by atoms with van der Waals surface area (Å²) < 4.78 is 11.2. The predicted molar refractivity (Wildman–Crippen MR) is 76.7 cm³/mol. The van der Waals surface area contributed by atoms with Gasteiger partial charge in [0.05, 0.1) is 6.61 Å². The van der Waals surface area contributed by atoms with Gasteiger partial charge in [0, 0.05) is 6.42 Å². The van der Waals surface area contributed by atoms with E-state index in [4.69, 9.17) is 15.9 Å². The van der Waals surface area contributed by atoms with Gasteiger partial charge in [-0.15, -0.1) is 12.3 Å². The average molecular weight is 252 g/mol. The number of hydrogen-bond acceptors (Lipinski definition) is 2. The number of hydrogen-bond donors (Lipinski definition) is 0. The van der Waals surface area contributed by atoms with Gasteiger partial charge in [0.25, 0.3) is 0 Å². The van der Waals surface area contributed by atoms with Gasteiger partial charge in [0.2, 0.25) is 0 Å². The van der Waals surface area contributed by atoms with Crippen LogP contribution in [0.25, 0.3) is 0 Å². The second-order valence-electron chi connectivity index (χ2n) is 4.03. The Bertz CT molecular complexity index is 565. The molecule has 0 aliphatic carbocycles. The SMILES string of the molecule is C#CCc1cccc(Oc2ccc(OCC)cc2)c1. The molecule has 0 saturated carbocycles. The van der Waals surface area contributed by atoms with E-state index in [1.54, 1.807) is 0 Å². The summed E-state index contributed by atoms with van der Waals surface area (Å²) in [4.78, 5) is 0. The summed E-state index contributed by atoms with van der Waals surface area (Å²) in [6.07, 6.45) is 5.92. The highest BCUT2D eigenvalue weighted by molar-refractivity contribution is 5.37. The third-order valence-corrected chi connectivity index (χ3v) is 2.58. The number of ether oxygens (including phenoxy) is 2. The van der Waals surface area contributed by atoms with Gasteiger partial charge >= 0.3 is 0 Å². The van der Waals surface area contributed by atoms with Crippen molar-refractivity contribution in [1.82, 2.24) is 0 Å². The van der Waals surface area contributed by atoms with Crippen molar-refractivity contribution in [1.29, 1.82) is 0 Å². The highest BCUT2D eigenvalue weighted by Crippen LogP contribution is 2.24. The van der Waals surface area contributed by atoms with Crippen LogP contribution in [-0.2, 0) is 6.42 Å². The van der Waals surface area contributed by atoms with E-state index in [0.717, 1.165) is 22.8 Å². The number of terminal acetylenes is 1. The van der Waals surface area contributed by atoms with Crippen molar-refractivity contribution < 1.29 is 9.47 Å². The molecule has 0 heterocycles. The number of benzene rings is 2. The average Bonchev–Trinajstić information content (AvgIpc) is 2.42. The zero-order chi connectivity index (χ0) is 13.5. The lowest BCUT2D eigenvalue weighted by molar-refractivity contribution is 0.339. The Morgan fingerprint density at radius 3 is 2.42 bits per heavy atom. The Labute approximate surface area is 114 Å². The fourth-order valence-corrected chi connectivity index (χ4v) is 1.74. The van der Waals surface area contributed by atoms with Crippen LogP contribution in [0.3, 0.4) is 0 Å². The van der Waals surface area contributed by atoms with Gasteiger partial charge in [0.1, 0.15) is 17.2 Å². The van der Waals surface area contributed by atoms with Gasteiger partial charge in [-0.1, -0.05) is 12.1 Å². The molecule has 0 aliphatic rings. The Morgan fingerprint density at radius 1 is 1.00 bits per heavy atom. The molecule has 0 N–H and O–H groups in total. The molecule has 2 nitrogen and oxygen atoms in total. The fourth-order valence-electron chi connectivity index (χ4n) is 1.74. The molecule has 0 amide bonds. The molecule has 0 unspecified atom stereocenters. The molecule has 2 aromatic carbocycles. The summed E-state index contributed by atoms with van der Waals surface area (Å²) in [5.74, 6) is 5.04. The molecule has 19 heavy (non-hydrogen) atoms. The lowest BCUT2D eigenvalue weighted by Crippen LogP contribution is -1.91. The van der Waals surface area contributed by atoms with Crippen LogP contribution in [0.1, 0.15) is 12.5 Å². The van der Waals surface area contributed by atoms with Gasteiger partial charge in [-0.3, -0.25) is 0 Å². The van der Waals surface area contributed by atoms with Crippen LogP contribution in [-0.4, -0.2) is 6.61 Å². The van der Waals surface area contributed by atoms with Gasteiger partial charge in [0.15, 0.2) is 0 Å². The first-order chi connectivity index (χ1) is 9.31. The summed E-state index contributed by atoms with van der Waals surface area (Å²) in [5.41, 5.74) is 1.07. The predicted octanol–water partition coefficient (Wildman–Crippen LogP) is 4.05. The Balaban J connectivity index is 2.08. The maximum absolute atomic E-state index is 5.77. The molecule has 0 aromatic heterocycles. The van der Waals surface area contributed by atoms with Crippen molar-refractivity contribution in [2.24, 2.45) is 0 Å². The molecule has 0 saturated heterocycles. The molecule has 2 heteroatoms. The zero-order valence-corrected chi connectivity index (χ0v) is 10.9. The maximum atomic E-state index is 5.77. The van der Waals surface area contributed by atoms with Crippen molar-refractivity contribution in [2.45, 2.75) is 13.3 Å². The second-order valence-corrected chi connectivity index (χ2v) is 4.03. The van der Waals surface area contributed by atoms with Gasteiger partial charge in [-0.25, -0.2) is 0 Å². The minimum absolute atomic E-state index is 0.612. The van der Waals surface area contributed by atoms with Crippen molar-refractivity contribution in [3.05, 3.63) is 54.1 Å². The Hall–Kier alpha value is -2.40. The standard InChI is InChI=1S/C17H16O2/c1-3-6-14-7-5-8-17(13-14)19-16-11-9-15(10-12-16)18-4-2/h1,5,7-13H,4,6H2,2H3. The van der Waals surface area contributed by atoms with Gasteiger partial charge in [-0.05, 0) is 48.9 Å². The summed E-state index contributed by atoms with van der Waals surface area (Å²) in [6, 6.07) is 15.4. The third kappa shape index (κ3) is 3.79. The molecule has 96 valence electrons. The molecular formula is C17H16O2. The quantitative estimate of drug-likeness (QED) is 0.747. The maximum Gasteiger partial charge on any atom is 0.127 e. The summed E-state index contributed by atoms with van der Waals surface area (Å²) >= 11 is 0. The fraction of sp³-hybridized carbons (Fsp3) is 0.176. The minimum atomic E-state index is 0.612. The molecule has 0 aliphatic heterocycles. The van der Waals surface area contributed by atoms with Crippen LogP contribution in [0.15, 0.2) is 48.5 Å². The zero-order valence-electron chi connectivity index (χ0n) is 10.9. The van der Waals surface area contributed by atoms with E-state index in [0.29, 0.717) is 13.0 Å². The minimum Gasteiger partial charge on any atom is -0.494 e. The first-order valence-electron chi connectivity index (χ1n) is 6.25. The van der Waals surface area contributed by atoms with Crippen molar-refractivity contribution in [3.63, 3.8) is 0 Å². The normalized spacial score (nSPS) is 9.68.